The molecular weight excluding hydrogens is 516 g/mol. The number of methoxy groups -OCH3 is 1. The minimum Gasteiger partial charge on any atom is -0.497 e. The minimum atomic E-state index is -1.09. The Labute approximate surface area is 224 Å². The van der Waals surface area contributed by atoms with Crippen LogP contribution in [-0.4, -0.2) is 52.8 Å². The van der Waals surface area contributed by atoms with Crippen molar-refractivity contribution in [1.82, 2.24) is 9.88 Å². The van der Waals surface area contributed by atoms with Gasteiger partial charge in [-0.3, -0.25) is 9.78 Å². The van der Waals surface area contributed by atoms with Gasteiger partial charge in [0.15, 0.2) is 0 Å². The number of fused-ring (bicyclic) bond motifs is 1. The highest BCUT2D eigenvalue weighted by atomic mass is 19.1. The van der Waals surface area contributed by atoms with Crippen LogP contribution >= 0.6 is 0 Å². The molecular formula is C29H32F4N2O4. The first kappa shape index (κ1) is 28.8. The zero-order chi connectivity index (χ0) is 28.2. The van der Waals surface area contributed by atoms with Gasteiger partial charge in [0, 0.05) is 34.8 Å². The molecule has 2 N–H and O–H groups in total. The van der Waals surface area contributed by atoms with E-state index in [0.29, 0.717) is 73.2 Å². The fourth-order valence-corrected chi connectivity index (χ4v) is 5.48. The lowest BCUT2D eigenvalue weighted by atomic mass is 9.73. The molecule has 39 heavy (non-hydrogen) atoms. The summed E-state index contributed by atoms with van der Waals surface area (Å²) in [4.78, 5) is 18.7. The second-order valence-corrected chi connectivity index (χ2v) is 10.1. The number of aromatic nitrogens is 1. The molecule has 10 heteroatoms. The highest BCUT2D eigenvalue weighted by molar-refractivity contribution is 5.85. The molecule has 2 aromatic carbocycles. The molecule has 2 heterocycles. The van der Waals surface area contributed by atoms with Crippen LogP contribution in [0.15, 0.2) is 36.5 Å². The zero-order valence-electron chi connectivity index (χ0n) is 21.7. The van der Waals surface area contributed by atoms with Crippen molar-refractivity contribution in [1.29, 1.82) is 0 Å². The van der Waals surface area contributed by atoms with Gasteiger partial charge >= 0.3 is 5.97 Å². The minimum absolute atomic E-state index is 0.103. The van der Waals surface area contributed by atoms with Crippen molar-refractivity contribution in [3.05, 3.63) is 70.7 Å². The van der Waals surface area contributed by atoms with Gasteiger partial charge in [0.25, 0.3) is 0 Å². The second kappa shape index (κ2) is 12.3. The van der Waals surface area contributed by atoms with E-state index >= 15 is 0 Å². The number of carboxylic acids is 1. The number of pyridine rings is 1. The predicted octanol–water partition coefficient (Wildman–Crippen LogP) is 5.74. The molecule has 0 spiro atoms. The van der Waals surface area contributed by atoms with Gasteiger partial charge in [0.05, 0.1) is 24.1 Å². The van der Waals surface area contributed by atoms with Crippen molar-refractivity contribution in [2.75, 3.05) is 26.7 Å². The summed E-state index contributed by atoms with van der Waals surface area (Å²) >= 11 is 0. The Morgan fingerprint density at radius 1 is 1.15 bits per heavy atom. The number of piperidine rings is 1. The van der Waals surface area contributed by atoms with Crippen LogP contribution in [0.3, 0.4) is 0 Å². The summed E-state index contributed by atoms with van der Waals surface area (Å²) in [5.41, 5.74) is -0.000675. The number of benzene rings is 2. The summed E-state index contributed by atoms with van der Waals surface area (Å²) in [5, 5.41) is 21.8. The molecule has 6 nitrogen and oxygen atoms in total. The van der Waals surface area contributed by atoms with E-state index < -0.39 is 41.6 Å². The summed E-state index contributed by atoms with van der Waals surface area (Å²) in [5.74, 6) is -3.20. The van der Waals surface area contributed by atoms with Crippen molar-refractivity contribution in [2.45, 2.75) is 51.3 Å². The lowest BCUT2D eigenvalue weighted by Crippen LogP contribution is -2.44. The average Bonchev–Trinajstić information content (AvgIpc) is 2.92. The van der Waals surface area contributed by atoms with E-state index in [-0.39, 0.29) is 30.4 Å². The first-order valence-corrected chi connectivity index (χ1v) is 13.0. The van der Waals surface area contributed by atoms with Crippen LogP contribution in [0.2, 0.25) is 0 Å². The molecule has 1 aliphatic rings. The number of hydrogen-bond donors (Lipinski definition) is 2. The van der Waals surface area contributed by atoms with E-state index in [2.05, 4.69) is 4.98 Å². The monoisotopic (exact) mass is 548 g/mol. The van der Waals surface area contributed by atoms with Crippen LogP contribution in [0.25, 0.3) is 10.9 Å². The standard InChI is InChI=1S/C29H32F4N2O4/c1-39-20-4-5-25-22(15-20)27(18(16-30)17-34-25)26(36)6-7-29(28(37)38)8-11-35(12-9-29)10-2-3-21-23(32)13-19(31)14-24(21)33/h4-5,13-15,17,26,36H,2-3,6-12,16H2,1H3,(H,37,38)/t26-/m0/s1. The van der Waals surface area contributed by atoms with E-state index in [1.807, 2.05) is 4.90 Å². The summed E-state index contributed by atoms with van der Waals surface area (Å²) in [7, 11) is 1.51. The predicted molar refractivity (Wildman–Crippen MR) is 138 cm³/mol. The molecule has 1 aliphatic heterocycles. The third-order valence-corrected chi connectivity index (χ3v) is 7.85. The molecule has 0 bridgehead atoms. The molecule has 1 atom stereocenters. The molecule has 0 saturated carbocycles. The average molecular weight is 549 g/mol. The first-order chi connectivity index (χ1) is 18.7. The molecule has 210 valence electrons. The van der Waals surface area contributed by atoms with Crippen LogP contribution in [-0.2, 0) is 17.9 Å². The van der Waals surface area contributed by atoms with Gasteiger partial charge < -0.3 is 19.8 Å². The maximum Gasteiger partial charge on any atom is 0.309 e. The molecule has 0 aliphatic carbocycles. The molecule has 4 rings (SSSR count). The first-order valence-electron chi connectivity index (χ1n) is 13.0. The zero-order valence-corrected chi connectivity index (χ0v) is 21.7. The lowest BCUT2D eigenvalue weighted by Gasteiger charge is -2.39. The van der Waals surface area contributed by atoms with Crippen LogP contribution in [0.4, 0.5) is 17.6 Å². The fraction of sp³-hybridized carbons (Fsp3) is 0.448. The molecule has 1 fully saturated rings. The van der Waals surface area contributed by atoms with Crippen molar-refractivity contribution in [2.24, 2.45) is 5.41 Å². The number of rotatable bonds is 11. The van der Waals surface area contributed by atoms with Crippen LogP contribution < -0.4 is 4.74 Å². The van der Waals surface area contributed by atoms with E-state index in [0.717, 1.165) is 0 Å². The summed E-state index contributed by atoms with van der Waals surface area (Å²) in [6.07, 6.45) is 1.84. The maximum atomic E-state index is 13.9. The maximum absolute atomic E-state index is 13.9. The molecule has 0 unspecified atom stereocenters. The van der Waals surface area contributed by atoms with Gasteiger partial charge in [-0.2, -0.15) is 0 Å². The Hall–Kier alpha value is -3.24. The number of likely N-dealkylation sites (tertiary alicyclic amines) is 1. The number of aliphatic hydroxyl groups is 1. The van der Waals surface area contributed by atoms with Gasteiger partial charge in [-0.25, -0.2) is 17.6 Å². The van der Waals surface area contributed by atoms with Crippen LogP contribution in [0.5, 0.6) is 5.75 Å². The van der Waals surface area contributed by atoms with Gasteiger partial charge in [0.2, 0.25) is 0 Å². The van der Waals surface area contributed by atoms with Crippen LogP contribution in [0, 0.1) is 22.9 Å². The van der Waals surface area contributed by atoms with E-state index in [4.69, 9.17) is 4.74 Å². The molecule has 1 saturated heterocycles. The number of hydrogen-bond acceptors (Lipinski definition) is 5. The molecule has 3 aromatic rings. The molecule has 0 amide bonds. The number of aliphatic carboxylic acids is 1. The summed E-state index contributed by atoms with van der Waals surface area (Å²) in [6.45, 7) is 0.639. The van der Waals surface area contributed by atoms with Gasteiger partial charge in [-0.05, 0) is 81.9 Å². The number of carbonyl (C=O) groups is 1. The van der Waals surface area contributed by atoms with E-state index in [1.54, 1.807) is 18.2 Å². The third-order valence-electron chi connectivity index (χ3n) is 7.85. The number of nitrogens with zero attached hydrogens (tertiary/aromatic N) is 2. The topological polar surface area (TPSA) is 82.9 Å². The number of aliphatic hydroxyl groups excluding tert-OH is 1. The summed E-state index contributed by atoms with van der Waals surface area (Å²) < 4.78 is 60.0. The highest BCUT2D eigenvalue weighted by Crippen LogP contribution is 2.40. The Balaban J connectivity index is 1.39. The Morgan fingerprint density at radius 2 is 1.85 bits per heavy atom. The lowest BCUT2D eigenvalue weighted by molar-refractivity contribution is -0.153. The van der Waals surface area contributed by atoms with Crippen molar-refractivity contribution in [3.8, 4) is 5.75 Å². The number of carboxylic acid groups (broad SMARTS) is 1. The third kappa shape index (κ3) is 6.33. The Kier molecular flexibility index (Phi) is 9.07. The van der Waals surface area contributed by atoms with E-state index in [1.165, 1.54) is 13.3 Å². The Bertz CT molecular complexity index is 1300. The van der Waals surface area contributed by atoms with Crippen LogP contribution in [0.1, 0.15) is 54.9 Å². The van der Waals surface area contributed by atoms with E-state index in [9.17, 15) is 32.6 Å². The number of alkyl halides is 1. The van der Waals surface area contributed by atoms with Crippen molar-refractivity contribution in [3.63, 3.8) is 0 Å². The second-order valence-electron chi connectivity index (χ2n) is 10.1. The van der Waals surface area contributed by atoms with Gasteiger partial charge in [-0.15, -0.1) is 0 Å². The summed E-state index contributed by atoms with van der Waals surface area (Å²) in [6, 6.07) is 6.46. The molecule has 1 aromatic heterocycles. The van der Waals surface area contributed by atoms with Gasteiger partial charge in [0.1, 0.15) is 29.9 Å². The quantitative estimate of drug-likeness (QED) is 0.297. The normalized spacial score (nSPS) is 16.4. The fourth-order valence-electron chi connectivity index (χ4n) is 5.48. The van der Waals surface area contributed by atoms with Gasteiger partial charge in [-0.1, -0.05) is 0 Å². The van der Waals surface area contributed by atoms with Crippen molar-refractivity contribution < 1.29 is 37.3 Å². The number of halogens is 4. The number of ether oxygens (including phenoxy) is 1. The highest BCUT2D eigenvalue weighted by Gasteiger charge is 2.41. The molecule has 0 radical (unpaired) electrons. The smallest absolute Gasteiger partial charge is 0.309 e. The van der Waals surface area contributed by atoms with Crippen molar-refractivity contribution >= 4 is 16.9 Å². The largest absolute Gasteiger partial charge is 0.497 e. The Morgan fingerprint density at radius 3 is 2.46 bits per heavy atom. The SMILES string of the molecule is COc1ccc2ncc(CF)c([C@@H](O)CCC3(C(=O)O)CCN(CCCc4c(F)cc(F)cc4F)CC3)c2c1.